The third kappa shape index (κ3) is 3.64. The molecule has 0 saturated carbocycles. The molecule has 0 aliphatic carbocycles. The van der Waals surface area contributed by atoms with Crippen LogP contribution in [0.5, 0.6) is 11.5 Å². The zero-order chi connectivity index (χ0) is 15.4. The lowest BCUT2D eigenvalue weighted by Crippen LogP contribution is -2.05. The van der Waals surface area contributed by atoms with Crippen LogP contribution in [0.1, 0.15) is 15.9 Å². The maximum absolute atomic E-state index is 13.5. The average Bonchev–Trinajstić information content (AvgIpc) is 2.45. The number of benzene rings is 2. The van der Waals surface area contributed by atoms with Crippen LogP contribution in [-0.4, -0.2) is 18.2 Å². The lowest BCUT2D eigenvalue weighted by atomic mass is 10.2. The van der Waals surface area contributed by atoms with Gasteiger partial charge in [0.05, 0.1) is 7.11 Å². The molecule has 0 aliphatic rings. The van der Waals surface area contributed by atoms with Gasteiger partial charge in [-0.2, -0.15) is 0 Å². The van der Waals surface area contributed by atoms with Gasteiger partial charge >= 0.3 is 5.97 Å². The van der Waals surface area contributed by atoms with Crippen molar-refractivity contribution in [3.8, 4) is 11.5 Å². The van der Waals surface area contributed by atoms with Crippen LogP contribution in [0.25, 0.3) is 0 Å². The van der Waals surface area contributed by atoms with Crippen molar-refractivity contribution < 1.29 is 23.8 Å². The number of halogens is 2. The van der Waals surface area contributed by atoms with Gasteiger partial charge in [0, 0.05) is 5.02 Å². The first kappa shape index (κ1) is 15.1. The molecule has 1 N–H and O–H groups in total. The Hall–Kier alpha value is -2.27. The lowest BCUT2D eigenvalue weighted by Gasteiger charge is -2.08. The number of hydrogen-bond acceptors (Lipinski definition) is 4. The Morgan fingerprint density at radius 2 is 2.05 bits per heavy atom. The van der Waals surface area contributed by atoms with Gasteiger partial charge in [0.15, 0.2) is 11.6 Å². The van der Waals surface area contributed by atoms with Crippen LogP contribution in [0.3, 0.4) is 0 Å². The van der Waals surface area contributed by atoms with Crippen molar-refractivity contribution in [1.82, 2.24) is 0 Å². The van der Waals surface area contributed by atoms with Gasteiger partial charge in [0.1, 0.15) is 17.9 Å². The Morgan fingerprint density at radius 3 is 2.67 bits per heavy atom. The molecule has 2 aromatic rings. The highest BCUT2D eigenvalue weighted by atomic mass is 35.5. The zero-order valence-electron chi connectivity index (χ0n) is 11.1. The summed E-state index contributed by atoms with van der Waals surface area (Å²) in [6.07, 6.45) is 0. The van der Waals surface area contributed by atoms with Crippen molar-refractivity contribution in [3.63, 3.8) is 0 Å². The van der Waals surface area contributed by atoms with E-state index in [-0.39, 0.29) is 23.7 Å². The van der Waals surface area contributed by atoms with E-state index in [1.54, 1.807) is 6.07 Å². The van der Waals surface area contributed by atoms with Gasteiger partial charge in [-0.05, 0) is 35.9 Å². The van der Waals surface area contributed by atoms with Gasteiger partial charge in [-0.1, -0.05) is 17.7 Å². The summed E-state index contributed by atoms with van der Waals surface area (Å²) in [7, 11) is 1.36. The minimum absolute atomic E-state index is 0.00613. The second-order valence-electron chi connectivity index (χ2n) is 4.21. The van der Waals surface area contributed by atoms with Gasteiger partial charge in [0.2, 0.25) is 0 Å². The molecule has 4 nitrogen and oxygen atoms in total. The fourth-order valence-electron chi connectivity index (χ4n) is 1.70. The van der Waals surface area contributed by atoms with Crippen LogP contribution in [0.2, 0.25) is 5.02 Å². The molecule has 0 fully saturated rings. The van der Waals surface area contributed by atoms with Crippen molar-refractivity contribution in [3.05, 3.63) is 58.4 Å². The molecular formula is C15H12ClFO4. The van der Waals surface area contributed by atoms with Gasteiger partial charge in [-0.3, -0.25) is 0 Å². The van der Waals surface area contributed by atoms with Crippen molar-refractivity contribution in [2.24, 2.45) is 0 Å². The number of phenols is 1. The van der Waals surface area contributed by atoms with Crippen LogP contribution in [0.4, 0.5) is 4.39 Å². The number of methoxy groups -OCH3 is 1. The van der Waals surface area contributed by atoms with Gasteiger partial charge in [-0.15, -0.1) is 0 Å². The average molecular weight is 311 g/mol. The number of carbonyl (C=O) groups is 1. The normalized spacial score (nSPS) is 10.2. The first-order valence-corrected chi connectivity index (χ1v) is 6.37. The lowest BCUT2D eigenvalue weighted by molar-refractivity contribution is 0.0469. The molecule has 0 heterocycles. The Labute approximate surface area is 125 Å². The summed E-state index contributed by atoms with van der Waals surface area (Å²) < 4.78 is 23.3. The maximum Gasteiger partial charge on any atom is 0.342 e. The Balaban J connectivity index is 2.05. The number of aromatic hydroxyl groups is 1. The number of carbonyl (C=O) groups excluding carboxylic acids is 1. The minimum atomic E-state index is -0.722. The van der Waals surface area contributed by atoms with Crippen LogP contribution < -0.4 is 4.74 Å². The van der Waals surface area contributed by atoms with E-state index in [0.717, 1.165) is 0 Å². The van der Waals surface area contributed by atoms with E-state index in [1.807, 2.05) is 0 Å². The first-order chi connectivity index (χ1) is 10.0. The van der Waals surface area contributed by atoms with Crippen LogP contribution in [0.15, 0.2) is 36.4 Å². The molecule has 0 atom stereocenters. The maximum atomic E-state index is 13.5. The summed E-state index contributed by atoms with van der Waals surface area (Å²) in [5.41, 5.74) is 0.462. The van der Waals surface area contributed by atoms with E-state index < -0.39 is 11.8 Å². The number of phenolic OH excluding ortho intramolecular Hbond substituents is 1. The van der Waals surface area contributed by atoms with Crippen molar-refractivity contribution in [2.75, 3.05) is 7.11 Å². The summed E-state index contributed by atoms with van der Waals surface area (Å²) in [4.78, 5) is 11.8. The zero-order valence-corrected chi connectivity index (χ0v) is 11.9. The van der Waals surface area contributed by atoms with E-state index in [4.69, 9.17) is 21.1 Å². The largest absolute Gasteiger partial charge is 0.507 e. The fourth-order valence-corrected chi connectivity index (χ4v) is 1.87. The fraction of sp³-hybridized carbons (Fsp3) is 0.133. The van der Waals surface area contributed by atoms with E-state index >= 15 is 0 Å². The van der Waals surface area contributed by atoms with Crippen molar-refractivity contribution >= 4 is 17.6 Å². The first-order valence-electron chi connectivity index (χ1n) is 5.99. The highest BCUT2D eigenvalue weighted by Crippen LogP contribution is 2.23. The van der Waals surface area contributed by atoms with E-state index in [9.17, 15) is 14.3 Å². The number of ether oxygens (including phenoxy) is 2. The molecule has 0 unspecified atom stereocenters. The summed E-state index contributed by atoms with van der Waals surface area (Å²) in [5, 5.41) is 9.92. The molecule has 110 valence electrons. The second-order valence-corrected chi connectivity index (χ2v) is 4.64. The molecule has 0 spiro atoms. The smallest absolute Gasteiger partial charge is 0.342 e. The minimum Gasteiger partial charge on any atom is -0.507 e. The van der Waals surface area contributed by atoms with E-state index in [0.29, 0.717) is 10.6 Å². The molecule has 0 radical (unpaired) electrons. The van der Waals surface area contributed by atoms with Crippen molar-refractivity contribution in [1.29, 1.82) is 0 Å². The Bertz CT molecular complexity index is 673. The molecule has 0 bridgehead atoms. The van der Waals surface area contributed by atoms with Crippen LogP contribution in [-0.2, 0) is 11.3 Å². The SMILES string of the molecule is COc1ccc(COC(=O)c2ccc(Cl)cc2O)cc1F. The van der Waals surface area contributed by atoms with Crippen LogP contribution in [0, 0.1) is 5.82 Å². The molecule has 0 amide bonds. The second kappa shape index (κ2) is 6.45. The molecule has 21 heavy (non-hydrogen) atoms. The monoisotopic (exact) mass is 310 g/mol. The highest BCUT2D eigenvalue weighted by molar-refractivity contribution is 6.30. The molecule has 6 heteroatoms. The molecule has 0 saturated heterocycles. The van der Waals surface area contributed by atoms with Crippen molar-refractivity contribution in [2.45, 2.75) is 6.61 Å². The van der Waals surface area contributed by atoms with E-state index in [2.05, 4.69) is 0 Å². The standard InChI is InChI=1S/C15H12ClFO4/c1-20-14-5-2-9(6-12(14)17)8-21-15(19)11-4-3-10(16)7-13(11)18/h2-7,18H,8H2,1H3. The summed E-state index contributed by atoms with van der Waals surface area (Å²) >= 11 is 5.67. The third-order valence-electron chi connectivity index (χ3n) is 2.77. The Kier molecular flexibility index (Phi) is 4.65. The highest BCUT2D eigenvalue weighted by Gasteiger charge is 2.13. The van der Waals surface area contributed by atoms with Gasteiger partial charge < -0.3 is 14.6 Å². The summed E-state index contributed by atoms with van der Waals surface area (Å²) in [6, 6.07) is 8.30. The van der Waals surface area contributed by atoms with Gasteiger partial charge in [-0.25, -0.2) is 9.18 Å². The number of hydrogen-bond donors (Lipinski definition) is 1. The number of rotatable bonds is 4. The Morgan fingerprint density at radius 1 is 1.29 bits per heavy atom. The predicted molar refractivity (Wildman–Crippen MR) is 75.2 cm³/mol. The molecule has 2 aromatic carbocycles. The molecular weight excluding hydrogens is 299 g/mol. The third-order valence-corrected chi connectivity index (χ3v) is 3.00. The quantitative estimate of drug-likeness (QED) is 0.877. The molecule has 0 aromatic heterocycles. The van der Waals surface area contributed by atoms with E-state index in [1.165, 1.54) is 37.4 Å². The topological polar surface area (TPSA) is 55.8 Å². The predicted octanol–water partition coefficient (Wildman–Crippen LogP) is 3.55. The summed E-state index contributed by atoms with van der Waals surface area (Å²) in [5.74, 6) is -1.42. The van der Waals surface area contributed by atoms with Crippen LogP contribution >= 0.6 is 11.6 Å². The van der Waals surface area contributed by atoms with Gasteiger partial charge in [0.25, 0.3) is 0 Å². The molecule has 0 aliphatic heterocycles. The number of esters is 1. The summed E-state index contributed by atoms with van der Waals surface area (Å²) in [6.45, 7) is -0.123. The molecule has 2 rings (SSSR count).